The molecule has 5 nitrogen and oxygen atoms in total. The van der Waals surface area contributed by atoms with Gasteiger partial charge in [0.2, 0.25) is 0 Å². The number of pyridine rings is 1. The van der Waals surface area contributed by atoms with E-state index in [0.717, 1.165) is 22.6 Å². The highest BCUT2D eigenvalue weighted by atomic mass is 16.5. The highest BCUT2D eigenvalue weighted by molar-refractivity contribution is 5.33. The second kappa shape index (κ2) is 5.86. The number of hydrogen-bond acceptors (Lipinski definition) is 5. The third-order valence-electron chi connectivity index (χ3n) is 2.69. The molecular weight excluding hydrogens is 242 g/mol. The van der Waals surface area contributed by atoms with E-state index in [0.29, 0.717) is 0 Å². The van der Waals surface area contributed by atoms with Crippen LogP contribution in [0.15, 0.2) is 35.2 Å². The van der Waals surface area contributed by atoms with Crippen molar-refractivity contribution in [2.45, 2.75) is 32.9 Å². The van der Waals surface area contributed by atoms with E-state index < -0.39 is 0 Å². The minimum Gasteiger partial charge on any atom is -0.489 e. The van der Waals surface area contributed by atoms with Gasteiger partial charge in [0.15, 0.2) is 0 Å². The van der Waals surface area contributed by atoms with Crippen LogP contribution in [-0.4, -0.2) is 11.1 Å². The molecule has 0 bridgehead atoms. The van der Waals surface area contributed by atoms with Crippen molar-refractivity contribution in [3.8, 4) is 5.75 Å². The number of hydrogen-bond donors (Lipinski definition) is 2. The molecule has 2 rings (SSSR count). The number of rotatable bonds is 5. The maximum Gasteiger partial charge on any atom is 0.138 e. The van der Waals surface area contributed by atoms with Crippen molar-refractivity contribution in [3.05, 3.63) is 47.7 Å². The molecule has 0 spiro atoms. The van der Waals surface area contributed by atoms with Crippen LogP contribution in [0.3, 0.4) is 0 Å². The molecular formula is C14H19N3O2. The van der Waals surface area contributed by atoms with E-state index in [-0.39, 0.29) is 12.1 Å². The topological polar surface area (TPSA) is 73.3 Å². The van der Waals surface area contributed by atoms with E-state index in [4.69, 9.17) is 15.0 Å². The normalized spacial score (nSPS) is 12.7. The fourth-order valence-corrected chi connectivity index (χ4v) is 1.93. The highest BCUT2D eigenvalue weighted by Gasteiger charge is 2.16. The Labute approximate surface area is 112 Å². The largest absolute Gasteiger partial charge is 0.489 e. The molecule has 102 valence electrons. The number of nitrogens with one attached hydrogen (secondary N) is 1. The lowest BCUT2D eigenvalue weighted by Crippen LogP contribution is -2.28. The average molecular weight is 261 g/mol. The predicted octanol–water partition coefficient (Wildman–Crippen LogP) is 2.32. The van der Waals surface area contributed by atoms with Gasteiger partial charge in [0.1, 0.15) is 11.5 Å². The molecule has 0 aliphatic heterocycles. The summed E-state index contributed by atoms with van der Waals surface area (Å²) in [6.45, 7) is 5.85. The lowest BCUT2D eigenvalue weighted by molar-refractivity contribution is 0.241. The van der Waals surface area contributed by atoms with E-state index in [1.54, 1.807) is 18.7 Å². The molecule has 19 heavy (non-hydrogen) atoms. The SMILES string of the molecule is Cc1cc(C(NN)c2cncc(OC(C)C)c2)co1. The van der Waals surface area contributed by atoms with Gasteiger partial charge in [-0.25, -0.2) is 5.43 Å². The van der Waals surface area contributed by atoms with Crippen molar-refractivity contribution in [3.63, 3.8) is 0 Å². The zero-order valence-corrected chi connectivity index (χ0v) is 11.4. The molecule has 0 aliphatic carbocycles. The lowest BCUT2D eigenvalue weighted by atomic mass is 10.0. The standard InChI is InChI=1S/C14H19N3O2/c1-9(2)19-13-5-11(6-16-7-13)14(17-15)12-4-10(3)18-8-12/h4-9,14,17H,15H2,1-3H3. The Morgan fingerprint density at radius 3 is 2.63 bits per heavy atom. The molecule has 0 saturated carbocycles. The molecule has 5 heteroatoms. The van der Waals surface area contributed by atoms with Crippen LogP contribution in [0.2, 0.25) is 0 Å². The van der Waals surface area contributed by atoms with Gasteiger partial charge in [-0.15, -0.1) is 0 Å². The van der Waals surface area contributed by atoms with E-state index in [1.165, 1.54) is 0 Å². The molecule has 3 N–H and O–H groups in total. The first kappa shape index (κ1) is 13.6. The summed E-state index contributed by atoms with van der Waals surface area (Å²) in [6.07, 6.45) is 5.26. The number of nitrogens with two attached hydrogens (primary N) is 1. The molecule has 0 amide bonds. The third-order valence-corrected chi connectivity index (χ3v) is 2.69. The lowest BCUT2D eigenvalue weighted by Gasteiger charge is -2.16. The molecule has 1 unspecified atom stereocenters. The van der Waals surface area contributed by atoms with Gasteiger partial charge in [-0.2, -0.15) is 0 Å². The smallest absolute Gasteiger partial charge is 0.138 e. The number of aromatic nitrogens is 1. The minimum atomic E-state index is -0.166. The van der Waals surface area contributed by atoms with E-state index in [9.17, 15) is 0 Å². The number of ether oxygens (including phenoxy) is 1. The van der Waals surface area contributed by atoms with Crippen molar-refractivity contribution in [2.24, 2.45) is 5.84 Å². The maximum atomic E-state index is 5.64. The summed E-state index contributed by atoms with van der Waals surface area (Å²) in [6, 6.07) is 3.71. The fraction of sp³-hybridized carbons (Fsp3) is 0.357. The van der Waals surface area contributed by atoms with Crippen LogP contribution in [0.4, 0.5) is 0 Å². The zero-order chi connectivity index (χ0) is 13.8. The summed E-state index contributed by atoms with van der Waals surface area (Å²) in [5, 5.41) is 0. The first-order valence-corrected chi connectivity index (χ1v) is 6.23. The Hall–Kier alpha value is -1.85. The highest BCUT2D eigenvalue weighted by Crippen LogP contribution is 2.25. The summed E-state index contributed by atoms with van der Waals surface area (Å²) < 4.78 is 11.0. The second-order valence-corrected chi connectivity index (χ2v) is 4.71. The molecule has 2 aromatic heterocycles. The van der Waals surface area contributed by atoms with Gasteiger partial charge in [-0.1, -0.05) is 0 Å². The molecule has 0 aliphatic rings. The third kappa shape index (κ3) is 3.33. The zero-order valence-electron chi connectivity index (χ0n) is 11.4. The van der Waals surface area contributed by atoms with Crippen LogP contribution >= 0.6 is 0 Å². The summed E-state index contributed by atoms with van der Waals surface area (Å²) in [4.78, 5) is 4.19. The van der Waals surface area contributed by atoms with Gasteiger partial charge in [-0.3, -0.25) is 10.8 Å². The quantitative estimate of drug-likeness (QED) is 0.638. The van der Waals surface area contributed by atoms with Gasteiger partial charge < -0.3 is 9.15 Å². The van der Waals surface area contributed by atoms with Crippen LogP contribution in [0.5, 0.6) is 5.75 Å². The van der Waals surface area contributed by atoms with Crippen molar-refractivity contribution >= 4 is 0 Å². The number of nitrogens with zero attached hydrogens (tertiary/aromatic N) is 1. The molecule has 0 aromatic carbocycles. The number of aryl methyl sites for hydroxylation is 1. The minimum absolute atomic E-state index is 0.109. The summed E-state index contributed by atoms with van der Waals surface area (Å²) in [5.74, 6) is 7.21. The van der Waals surface area contributed by atoms with E-state index >= 15 is 0 Å². The monoisotopic (exact) mass is 261 g/mol. The second-order valence-electron chi connectivity index (χ2n) is 4.71. The van der Waals surface area contributed by atoms with Crippen molar-refractivity contribution in [2.75, 3.05) is 0 Å². The maximum absolute atomic E-state index is 5.64. The molecule has 2 aromatic rings. The van der Waals surface area contributed by atoms with Gasteiger partial charge >= 0.3 is 0 Å². The number of furan rings is 1. The van der Waals surface area contributed by atoms with Gasteiger partial charge in [0.05, 0.1) is 24.6 Å². The van der Waals surface area contributed by atoms with E-state index in [2.05, 4.69) is 10.4 Å². The molecule has 1 atom stereocenters. The first-order chi connectivity index (χ1) is 9.10. The van der Waals surface area contributed by atoms with Crippen molar-refractivity contribution in [1.82, 2.24) is 10.4 Å². The van der Waals surface area contributed by atoms with Crippen molar-refractivity contribution < 1.29 is 9.15 Å². The van der Waals surface area contributed by atoms with Gasteiger partial charge in [0, 0.05) is 11.8 Å². The summed E-state index contributed by atoms with van der Waals surface area (Å²) in [5.41, 5.74) is 4.67. The number of hydrazine groups is 1. The predicted molar refractivity (Wildman–Crippen MR) is 72.6 cm³/mol. The van der Waals surface area contributed by atoms with Crippen LogP contribution in [-0.2, 0) is 0 Å². The van der Waals surface area contributed by atoms with Crippen molar-refractivity contribution in [1.29, 1.82) is 0 Å². The van der Waals surface area contributed by atoms with Gasteiger partial charge in [-0.05, 0) is 38.5 Å². The van der Waals surface area contributed by atoms with Crippen LogP contribution in [0.25, 0.3) is 0 Å². The Kier molecular flexibility index (Phi) is 4.19. The van der Waals surface area contributed by atoms with E-state index in [1.807, 2.05) is 32.9 Å². The Bertz CT molecular complexity index is 537. The summed E-state index contributed by atoms with van der Waals surface area (Å²) >= 11 is 0. The first-order valence-electron chi connectivity index (χ1n) is 6.23. The fourth-order valence-electron chi connectivity index (χ4n) is 1.93. The molecule has 0 saturated heterocycles. The average Bonchev–Trinajstić information content (AvgIpc) is 2.76. The Morgan fingerprint density at radius 1 is 1.26 bits per heavy atom. The Morgan fingerprint density at radius 2 is 2.05 bits per heavy atom. The van der Waals surface area contributed by atoms with Crippen LogP contribution in [0.1, 0.15) is 36.8 Å². The summed E-state index contributed by atoms with van der Waals surface area (Å²) in [7, 11) is 0. The van der Waals surface area contributed by atoms with Gasteiger partial charge in [0.25, 0.3) is 0 Å². The van der Waals surface area contributed by atoms with Crippen LogP contribution < -0.4 is 16.0 Å². The molecule has 0 radical (unpaired) electrons. The van der Waals surface area contributed by atoms with Crippen LogP contribution in [0, 0.1) is 6.92 Å². The Balaban J connectivity index is 2.28. The molecule has 0 fully saturated rings. The molecule has 2 heterocycles.